The van der Waals surface area contributed by atoms with Crippen molar-refractivity contribution in [3.8, 4) is 0 Å². The summed E-state index contributed by atoms with van der Waals surface area (Å²) >= 11 is 6.03. The number of nitrogens with one attached hydrogen (secondary N) is 1. The van der Waals surface area contributed by atoms with Crippen LogP contribution in [0, 0.1) is 18.6 Å². The van der Waals surface area contributed by atoms with Crippen molar-refractivity contribution in [2.24, 2.45) is 5.84 Å². The molecule has 0 fully saturated rings. The predicted molar refractivity (Wildman–Crippen MR) is 71.7 cm³/mol. The highest BCUT2D eigenvalue weighted by Crippen LogP contribution is 2.30. The quantitative estimate of drug-likeness (QED) is 0.668. The maximum Gasteiger partial charge on any atom is 0.131 e. The first-order valence-electron chi connectivity index (χ1n) is 5.70. The molecule has 0 aliphatic heterocycles. The van der Waals surface area contributed by atoms with Gasteiger partial charge in [-0.25, -0.2) is 14.2 Å². The number of benzene rings is 2. The van der Waals surface area contributed by atoms with E-state index in [1.54, 1.807) is 25.1 Å². The Balaban J connectivity index is 2.56. The van der Waals surface area contributed by atoms with E-state index in [0.717, 1.165) is 0 Å². The maximum atomic E-state index is 14.1. The molecule has 0 heterocycles. The molecule has 19 heavy (non-hydrogen) atoms. The average Bonchev–Trinajstić information content (AvgIpc) is 2.39. The lowest BCUT2D eigenvalue weighted by atomic mass is 9.97. The van der Waals surface area contributed by atoms with E-state index in [0.29, 0.717) is 21.7 Å². The molecule has 5 heteroatoms. The summed E-state index contributed by atoms with van der Waals surface area (Å²) in [5.41, 5.74) is 3.70. The monoisotopic (exact) mass is 282 g/mol. The van der Waals surface area contributed by atoms with E-state index in [4.69, 9.17) is 17.4 Å². The van der Waals surface area contributed by atoms with Gasteiger partial charge in [0.25, 0.3) is 0 Å². The SMILES string of the molecule is Cc1cccc(C(NN)c2cc(F)ccc2Cl)c1F. The largest absolute Gasteiger partial charge is 0.271 e. The summed E-state index contributed by atoms with van der Waals surface area (Å²) in [6, 6.07) is 8.16. The Hall–Kier alpha value is -1.49. The van der Waals surface area contributed by atoms with Gasteiger partial charge in [-0.15, -0.1) is 0 Å². The maximum absolute atomic E-state index is 14.1. The van der Waals surface area contributed by atoms with E-state index < -0.39 is 11.9 Å². The molecule has 2 rings (SSSR count). The van der Waals surface area contributed by atoms with Crippen molar-refractivity contribution in [3.63, 3.8) is 0 Å². The second-order valence-corrected chi connectivity index (χ2v) is 4.65. The van der Waals surface area contributed by atoms with E-state index >= 15 is 0 Å². The molecule has 0 amide bonds. The average molecular weight is 283 g/mol. The third-order valence-electron chi connectivity index (χ3n) is 2.97. The van der Waals surface area contributed by atoms with Crippen LogP contribution in [0.2, 0.25) is 5.02 Å². The molecule has 2 nitrogen and oxygen atoms in total. The highest BCUT2D eigenvalue weighted by molar-refractivity contribution is 6.31. The molecule has 2 aromatic carbocycles. The summed E-state index contributed by atoms with van der Waals surface area (Å²) in [5.74, 6) is 4.64. The van der Waals surface area contributed by atoms with E-state index in [9.17, 15) is 8.78 Å². The van der Waals surface area contributed by atoms with Gasteiger partial charge in [-0.1, -0.05) is 29.8 Å². The van der Waals surface area contributed by atoms with Crippen molar-refractivity contribution in [3.05, 3.63) is 69.7 Å². The predicted octanol–water partition coefficient (Wildman–Crippen LogP) is 3.48. The zero-order chi connectivity index (χ0) is 14.0. The minimum Gasteiger partial charge on any atom is -0.271 e. The second kappa shape index (κ2) is 5.65. The summed E-state index contributed by atoms with van der Waals surface area (Å²) < 4.78 is 27.4. The van der Waals surface area contributed by atoms with Crippen LogP contribution >= 0.6 is 11.6 Å². The van der Waals surface area contributed by atoms with Gasteiger partial charge in [-0.2, -0.15) is 0 Å². The van der Waals surface area contributed by atoms with Crippen LogP contribution in [0.1, 0.15) is 22.7 Å². The van der Waals surface area contributed by atoms with Crippen LogP contribution in [0.5, 0.6) is 0 Å². The molecule has 0 aliphatic rings. The molecule has 0 saturated carbocycles. The molecule has 1 unspecified atom stereocenters. The Morgan fingerprint density at radius 1 is 1.16 bits per heavy atom. The topological polar surface area (TPSA) is 38.0 Å². The van der Waals surface area contributed by atoms with E-state index in [1.165, 1.54) is 18.2 Å². The van der Waals surface area contributed by atoms with Crippen molar-refractivity contribution in [1.82, 2.24) is 5.43 Å². The number of aryl methyl sites for hydroxylation is 1. The van der Waals surface area contributed by atoms with Crippen molar-refractivity contribution in [2.75, 3.05) is 0 Å². The fourth-order valence-electron chi connectivity index (χ4n) is 1.98. The number of halogens is 3. The van der Waals surface area contributed by atoms with Crippen molar-refractivity contribution in [1.29, 1.82) is 0 Å². The van der Waals surface area contributed by atoms with Crippen molar-refractivity contribution < 1.29 is 8.78 Å². The van der Waals surface area contributed by atoms with Gasteiger partial charge in [0, 0.05) is 10.6 Å². The minimum atomic E-state index is -0.705. The van der Waals surface area contributed by atoms with E-state index in [1.807, 2.05) is 0 Å². The lowest BCUT2D eigenvalue weighted by Crippen LogP contribution is -2.30. The molecular formula is C14H13ClF2N2. The molecule has 1 atom stereocenters. The molecule has 0 aromatic heterocycles. The van der Waals surface area contributed by atoms with Crippen LogP contribution in [0.3, 0.4) is 0 Å². The summed E-state index contributed by atoms with van der Waals surface area (Å²) in [7, 11) is 0. The Kier molecular flexibility index (Phi) is 4.14. The van der Waals surface area contributed by atoms with E-state index in [2.05, 4.69) is 5.43 Å². The molecular weight excluding hydrogens is 270 g/mol. The van der Waals surface area contributed by atoms with Crippen LogP contribution in [-0.2, 0) is 0 Å². The Morgan fingerprint density at radius 2 is 1.89 bits per heavy atom. The Bertz CT molecular complexity index is 600. The minimum absolute atomic E-state index is 0.324. The van der Waals surface area contributed by atoms with Gasteiger partial charge in [-0.05, 0) is 36.2 Å². The third kappa shape index (κ3) is 2.76. The van der Waals surface area contributed by atoms with Gasteiger partial charge in [-0.3, -0.25) is 5.84 Å². The smallest absolute Gasteiger partial charge is 0.131 e. The first-order valence-corrected chi connectivity index (χ1v) is 6.08. The third-order valence-corrected chi connectivity index (χ3v) is 3.31. The summed E-state index contributed by atoms with van der Waals surface area (Å²) in [6.07, 6.45) is 0. The van der Waals surface area contributed by atoms with E-state index in [-0.39, 0.29) is 5.82 Å². The molecule has 0 aliphatic carbocycles. The fraction of sp³-hybridized carbons (Fsp3) is 0.143. The molecule has 100 valence electrons. The molecule has 0 saturated heterocycles. The normalized spacial score (nSPS) is 12.5. The van der Waals surface area contributed by atoms with Crippen LogP contribution in [0.4, 0.5) is 8.78 Å². The Morgan fingerprint density at radius 3 is 2.58 bits per heavy atom. The van der Waals surface area contributed by atoms with Crippen molar-refractivity contribution >= 4 is 11.6 Å². The van der Waals surface area contributed by atoms with Crippen LogP contribution in [-0.4, -0.2) is 0 Å². The first-order chi connectivity index (χ1) is 9.04. The number of rotatable bonds is 3. The highest BCUT2D eigenvalue weighted by atomic mass is 35.5. The number of hydrogen-bond donors (Lipinski definition) is 2. The molecule has 0 spiro atoms. The Labute approximate surface area is 115 Å². The van der Waals surface area contributed by atoms with Gasteiger partial charge in [0.15, 0.2) is 0 Å². The second-order valence-electron chi connectivity index (χ2n) is 4.24. The summed E-state index contributed by atoms with van der Waals surface area (Å²) in [6.45, 7) is 1.65. The van der Waals surface area contributed by atoms with Gasteiger partial charge in [0.2, 0.25) is 0 Å². The number of nitrogens with two attached hydrogens (primary N) is 1. The highest BCUT2D eigenvalue weighted by Gasteiger charge is 2.20. The van der Waals surface area contributed by atoms with Crippen LogP contribution in [0.15, 0.2) is 36.4 Å². The van der Waals surface area contributed by atoms with Crippen LogP contribution < -0.4 is 11.3 Å². The van der Waals surface area contributed by atoms with Crippen LogP contribution in [0.25, 0.3) is 0 Å². The molecule has 0 radical (unpaired) electrons. The zero-order valence-electron chi connectivity index (χ0n) is 10.3. The molecule has 2 aromatic rings. The summed E-state index contributed by atoms with van der Waals surface area (Å²) in [4.78, 5) is 0. The van der Waals surface area contributed by atoms with Gasteiger partial charge < -0.3 is 0 Å². The lowest BCUT2D eigenvalue weighted by Gasteiger charge is -2.19. The fourth-order valence-corrected chi connectivity index (χ4v) is 2.20. The molecule has 3 N–H and O–H groups in total. The number of hydrazine groups is 1. The zero-order valence-corrected chi connectivity index (χ0v) is 11.0. The summed E-state index contributed by atoms with van der Waals surface area (Å²) in [5, 5.41) is 0.324. The standard InChI is InChI=1S/C14H13ClF2N2/c1-8-3-2-4-10(13(8)17)14(19-18)11-7-9(16)5-6-12(11)15/h2-7,14,19H,18H2,1H3. The van der Waals surface area contributed by atoms with Gasteiger partial charge in [0.1, 0.15) is 11.6 Å². The van der Waals surface area contributed by atoms with Gasteiger partial charge >= 0.3 is 0 Å². The van der Waals surface area contributed by atoms with Gasteiger partial charge in [0.05, 0.1) is 6.04 Å². The first kappa shape index (κ1) is 13.9. The van der Waals surface area contributed by atoms with Crippen molar-refractivity contribution in [2.45, 2.75) is 13.0 Å². The molecule has 0 bridgehead atoms. The lowest BCUT2D eigenvalue weighted by molar-refractivity contribution is 0.551. The number of hydrogen-bond acceptors (Lipinski definition) is 2.